The summed E-state index contributed by atoms with van der Waals surface area (Å²) in [4.78, 5) is -0.326. The van der Waals surface area contributed by atoms with E-state index >= 15 is 0 Å². The summed E-state index contributed by atoms with van der Waals surface area (Å²) < 4.78 is 39.9. The van der Waals surface area contributed by atoms with Crippen LogP contribution in [0.3, 0.4) is 0 Å². The van der Waals surface area contributed by atoms with E-state index in [0.717, 1.165) is 6.07 Å². The Morgan fingerprint density at radius 1 is 0.833 bits per heavy atom. The van der Waals surface area contributed by atoms with Gasteiger partial charge in [0.15, 0.2) is 11.6 Å². The van der Waals surface area contributed by atoms with Crippen molar-refractivity contribution in [2.45, 2.75) is 32.5 Å². The molecule has 0 N–H and O–H groups in total. The normalized spacial score (nSPS) is 13.7. The maximum Gasteiger partial charge on any atom is 0.161 e. The van der Waals surface area contributed by atoms with Crippen LogP contribution in [0.1, 0.15) is 38.1 Å². The van der Waals surface area contributed by atoms with Gasteiger partial charge in [-0.2, -0.15) is 0 Å². The fourth-order valence-corrected chi connectivity index (χ4v) is 3.97. The monoisotopic (exact) mass is 322 g/mol. The van der Waals surface area contributed by atoms with Crippen LogP contribution in [0.15, 0.2) is 12.1 Å². The minimum absolute atomic E-state index is 0.143. The van der Waals surface area contributed by atoms with Gasteiger partial charge in [0, 0.05) is 16.5 Å². The second-order valence-electron chi connectivity index (χ2n) is 5.25. The standard InChI is InChI=1S/C14H18BrF3/c1-7(2)13(8(3)4)14(15)9-5-11(17)12(18)6-10(9)16/h5-8,13-14H,1-4H3. The number of rotatable bonds is 4. The number of halogens is 4. The summed E-state index contributed by atoms with van der Waals surface area (Å²) in [6, 6.07) is 1.55. The molecule has 0 bridgehead atoms. The van der Waals surface area contributed by atoms with Gasteiger partial charge in [0.2, 0.25) is 0 Å². The van der Waals surface area contributed by atoms with Crippen molar-refractivity contribution in [3.63, 3.8) is 0 Å². The van der Waals surface area contributed by atoms with Crippen molar-refractivity contribution in [3.8, 4) is 0 Å². The van der Waals surface area contributed by atoms with Gasteiger partial charge < -0.3 is 0 Å². The van der Waals surface area contributed by atoms with E-state index < -0.39 is 17.5 Å². The van der Waals surface area contributed by atoms with Crippen molar-refractivity contribution in [3.05, 3.63) is 35.1 Å². The lowest BCUT2D eigenvalue weighted by Gasteiger charge is -2.30. The van der Waals surface area contributed by atoms with Crippen molar-refractivity contribution < 1.29 is 13.2 Å². The predicted octanol–water partition coefficient (Wildman–Crippen LogP) is 5.47. The minimum Gasteiger partial charge on any atom is -0.207 e. The maximum absolute atomic E-state index is 13.7. The summed E-state index contributed by atoms with van der Waals surface area (Å²) >= 11 is 3.43. The number of hydrogen-bond donors (Lipinski definition) is 0. The molecule has 0 spiro atoms. The fourth-order valence-electron chi connectivity index (χ4n) is 2.40. The number of benzene rings is 1. The first-order valence-electron chi connectivity index (χ1n) is 6.04. The van der Waals surface area contributed by atoms with Crippen LogP contribution in [0.5, 0.6) is 0 Å². The van der Waals surface area contributed by atoms with Crippen LogP contribution in [0.25, 0.3) is 0 Å². The van der Waals surface area contributed by atoms with E-state index in [1.54, 1.807) is 0 Å². The molecular formula is C14H18BrF3. The van der Waals surface area contributed by atoms with Crippen LogP contribution < -0.4 is 0 Å². The highest BCUT2D eigenvalue weighted by Gasteiger charge is 2.29. The van der Waals surface area contributed by atoms with Gasteiger partial charge >= 0.3 is 0 Å². The van der Waals surface area contributed by atoms with Gasteiger partial charge in [-0.25, -0.2) is 13.2 Å². The first kappa shape index (κ1) is 15.5. The average Bonchev–Trinajstić information content (AvgIpc) is 2.22. The van der Waals surface area contributed by atoms with Gasteiger partial charge in [0.25, 0.3) is 0 Å². The van der Waals surface area contributed by atoms with E-state index in [1.807, 2.05) is 27.7 Å². The first-order valence-corrected chi connectivity index (χ1v) is 6.95. The molecule has 0 saturated carbocycles. The van der Waals surface area contributed by atoms with Crippen molar-refractivity contribution in [2.75, 3.05) is 0 Å². The molecule has 1 aromatic carbocycles. The Kier molecular flexibility index (Phi) is 5.26. The quantitative estimate of drug-likeness (QED) is 0.509. The lowest BCUT2D eigenvalue weighted by atomic mass is 9.81. The third kappa shape index (κ3) is 3.28. The van der Waals surface area contributed by atoms with Crippen molar-refractivity contribution in [2.24, 2.45) is 17.8 Å². The molecule has 0 aromatic heterocycles. The zero-order valence-corrected chi connectivity index (χ0v) is 12.6. The molecule has 0 amide bonds. The lowest BCUT2D eigenvalue weighted by Crippen LogP contribution is -2.21. The van der Waals surface area contributed by atoms with Gasteiger partial charge in [0.1, 0.15) is 5.82 Å². The van der Waals surface area contributed by atoms with Crippen LogP contribution >= 0.6 is 15.9 Å². The topological polar surface area (TPSA) is 0 Å². The van der Waals surface area contributed by atoms with E-state index in [-0.39, 0.29) is 16.3 Å². The summed E-state index contributed by atoms with van der Waals surface area (Å²) in [5.41, 5.74) is 0.182. The zero-order chi connectivity index (χ0) is 14.0. The summed E-state index contributed by atoms with van der Waals surface area (Å²) in [7, 11) is 0. The van der Waals surface area contributed by atoms with Crippen molar-refractivity contribution >= 4 is 15.9 Å². The summed E-state index contributed by atoms with van der Waals surface area (Å²) in [5, 5.41) is 0. The third-order valence-electron chi connectivity index (χ3n) is 3.21. The van der Waals surface area contributed by atoms with Crippen LogP contribution in [-0.4, -0.2) is 0 Å². The Balaban J connectivity index is 3.16. The molecule has 0 aliphatic heterocycles. The summed E-state index contributed by atoms with van der Waals surface area (Å²) in [6.45, 7) is 8.15. The van der Waals surface area contributed by atoms with E-state index in [4.69, 9.17) is 0 Å². The highest BCUT2D eigenvalue weighted by Crippen LogP contribution is 2.41. The molecule has 0 heterocycles. The second-order valence-corrected chi connectivity index (χ2v) is 6.24. The van der Waals surface area contributed by atoms with Crippen LogP contribution in [-0.2, 0) is 0 Å². The molecule has 1 rings (SSSR count). The van der Waals surface area contributed by atoms with E-state index in [2.05, 4.69) is 15.9 Å². The average molecular weight is 323 g/mol. The van der Waals surface area contributed by atoms with Crippen LogP contribution in [0, 0.1) is 35.2 Å². The molecule has 0 radical (unpaired) electrons. The Morgan fingerprint density at radius 3 is 1.72 bits per heavy atom. The smallest absolute Gasteiger partial charge is 0.161 e. The lowest BCUT2D eigenvalue weighted by molar-refractivity contribution is 0.281. The summed E-state index contributed by atoms with van der Waals surface area (Å²) in [6.07, 6.45) is 0. The van der Waals surface area contributed by atoms with E-state index in [1.165, 1.54) is 0 Å². The molecule has 4 heteroatoms. The SMILES string of the molecule is CC(C)C(C(C)C)C(Br)c1cc(F)c(F)cc1F. The molecule has 0 nitrogen and oxygen atoms in total. The minimum atomic E-state index is -1.15. The third-order valence-corrected chi connectivity index (χ3v) is 4.32. The zero-order valence-electron chi connectivity index (χ0n) is 11.0. The van der Waals surface area contributed by atoms with Gasteiger partial charge in [-0.1, -0.05) is 43.6 Å². The van der Waals surface area contributed by atoms with Gasteiger partial charge in [-0.15, -0.1) is 0 Å². The van der Waals surface area contributed by atoms with Gasteiger partial charge in [-0.05, 0) is 23.8 Å². The predicted molar refractivity (Wildman–Crippen MR) is 71.2 cm³/mol. The number of hydrogen-bond acceptors (Lipinski definition) is 0. The Labute approximate surface area is 115 Å². The molecule has 0 fully saturated rings. The molecule has 0 saturated heterocycles. The van der Waals surface area contributed by atoms with Gasteiger partial charge in [0.05, 0.1) is 0 Å². The van der Waals surface area contributed by atoms with Crippen molar-refractivity contribution in [1.29, 1.82) is 0 Å². The Hall–Kier alpha value is -0.510. The van der Waals surface area contributed by atoms with E-state index in [0.29, 0.717) is 17.9 Å². The molecule has 102 valence electrons. The summed E-state index contributed by atoms with van der Waals surface area (Å²) in [5.74, 6) is -2.11. The van der Waals surface area contributed by atoms with Crippen molar-refractivity contribution in [1.82, 2.24) is 0 Å². The molecule has 18 heavy (non-hydrogen) atoms. The molecular weight excluding hydrogens is 305 g/mol. The molecule has 0 aliphatic rings. The van der Waals surface area contributed by atoms with E-state index in [9.17, 15) is 13.2 Å². The highest BCUT2D eigenvalue weighted by molar-refractivity contribution is 9.09. The highest BCUT2D eigenvalue weighted by atomic mass is 79.9. The maximum atomic E-state index is 13.7. The fraction of sp³-hybridized carbons (Fsp3) is 0.571. The molecule has 1 unspecified atom stereocenters. The molecule has 1 aromatic rings. The molecule has 1 atom stereocenters. The van der Waals surface area contributed by atoms with Gasteiger partial charge in [-0.3, -0.25) is 0 Å². The largest absolute Gasteiger partial charge is 0.207 e. The number of alkyl halides is 1. The Morgan fingerprint density at radius 2 is 1.28 bits per heavy atom. The van der Waals surface area contributed by atoms with Crippen LogP contribution in [0.2, 0.25) is 0 Å². The second kappa shape index (κ2) is 6.09. The first-order chi connectivity index (χ1) is 8.25. The Bertz CT molecular complexity index is 408. The molecule has 0 aliphatic carbocycles. The van der Waals surface area contributed by atoms with Crippen LogP contribution in [0.4, 0.5) is 13.2 Å².